The molecule has 0 fully saturated rings. The number of nitrogens with one attached hydrogen (secondary N) is 2. The molecule has 0 spiro atoms. The smallest absolute Gasteiger partial charge is 0.267 e. The van der Waals surface area contributed by atoms with Gasteiger partial charge in [-0.25, -0.2) is 4.98 Å². The summed E-state index contributed by atoms with van der Waals surface area (Å²) in [5.41, 5.74) is 4.05. The number of H-pyrrole nitrogens is 1. The number of benzene rings is 3. The van der Waals surface area contributed by atoms with Gasteiger partial charge >= 0.3 is 0 Å². The Hall–Kier alpha value is -5.18. The van der Waals surface area contributed by atoms with Crippen molar-refractivity contribution in [1.82, 2.24) is 24.7 Å². The average molecular weight is 505 g/mol. The fraction of sp³-hybridized carbons (Fsp3) is 0.103. The van der Waals surface area contributed by atoms with Crippen LogP contribution in [0.3, 0.4) is 0 Å². The van der Waals surface area contributed by atoms with E-state index in [4.69, 9.17) is 14.5 Å². The van der Waals surface area contributed by atoms with Gasteiger partial charge < -0.3 is 14.8 Å². The number of rotatable bonds is 7. The van der Waals surface area contributed by atoms with Gasteiger partial charge in [0.05, 0.1) is 30.2 Å². The highest BCUT2D eigenvalue weighted by atomic mass is 16.5. The van der Waals surface area contributed by atoms with Crippen LogP contribution < -0.4 is 20.3 Å². The molecule has 0 aliphatic carbocycles. The molecule has 0 radical (unpaired) electrons. The van der Waals surface area contributed by atoms with Crippen molar-refractivity contribution in [3.63, 3.8) is 0 Å². The van der Waals surface area contributed by atoms with Crippen LogP contribution in [0.15, 0.2) is 90.0 Å². The second-order valence-electron chi connectivity index (χ2n) is 8.55. The lowest BCUT2D eigenvalue weighted by molar-refractivity contribution is 0.341. The number of pyridine rings is 1. The molecule has 3 heterocycles. The number of hydrogen-bond donors (Lipinski definition) is 2. The SMILES string of the molecule is CCOc1ccccc1-c1cccc(-n2c(=O)c3c[nH]nc3c3cnc(Nc4ccc(OC)cc4)nc32)c1. The summed E-state index contributed by atoms with van der Waals surface area (Å²) in [6.45, 7) is 2.51. The Balaban J connectivity index is 1.52. The lowest BCUT2D eigenvalue weighted by atomic mass is 10.0. The summed E-state index contributed by atoms with van der Waals surface area (Å²) >= 11 is 0. The van der Waals surface area contributed by atoms with Gasteiger partial charge in [0.2, 0.25) is 5.95 Å². The highest BCUT2D eigenvalue weighted by molar-refractivity contribution is 6.02. The number of fused-ring (bicyclic) bond motifs is 3. The van der Waals surface area contributed by atoms with Gasteiger partial charge in [-0.15, -0.1) is 0 Å². The topological polar surface area (TPSA) is 107 Å². The number of hydrogen-bond acceptors (Lipinski definition) is 7. The predicted octanol–water partition coefficient (Wildman–Crippen LogP) is 5.47. The number of methoxy groups -OCH3 is 1. The summed E-state index contributed by atoms with van der Waals surface area (Å²) in [6, 6.07) is 23.0. The molecule has 9 heteroatoms. The van der Waals surface area contributed by atoms with Crippen LogP contribution in [0.4, 0.5) is 11.6 Å². The van der Waals surface area contributed by atoms with E-state index in [2.05, 4.69) is 20.5 Å². The van der Waals surface area contributed by atoms with Crippen LogP contribution in [0.5, 0.6) is 11.5 Å². The fourth-order valence-corrected chi connectivity index (χ4v) is 4.49. The van der Waals surface area contributed by atoms with Crippen molar-refractivity contribution in [1.29, 1.82) is 0 Å². The van der Waals surface area contributed by atoms with Crippen molar-refractivity contribution >= 4 is 33.6 Å². The molecule has 0 atom stereocenters. The van der Waals surface area contributed by atoms with Gasteiger partial charge in [-0.2, -0.15) is 10.1 Å². The molecule has 188 valence electrons. The van der Waals surface area contributed by atoms with Gasteiger partial charge in [-0.3, -0.25) is 14.5 Å². The molecule has 2 N–H and O–H groups in total. The van der Waals surface area contributed by atoms with Crippen molar-refractivity contribution in [3.8, 4) is 28.3 Å². The molecular formula is C29H24N6O3. The molecule has 0 amide bonds. The van der Waals surface area contributed by atoms with Gasteiger partial charge in [-0.05, 0) is 55.0 Å². The predicted molar refractivity (Wildman–Crippen MR) is 148 cm³/mol. The van der Waals surface area contributed by atoms with Gasteiger partial charge in [0.15, 0.2) is 5.65 Å². The van der Waals surface area contributed by atoms with E-state index in [9.17, 15) is 4.79 Å². The minimum Gasteiger partial charge on any atom is -0.497 e. The summed E-state index contributed by atoms with van der Waals surface area (Å²) in [4.78, 5) is 23.0. The number of aromatic amines is 1. The first-order valence-corrected chi connectivity index (χ1v) is 12.1. The summed E-state index contributed by atoms with van der Waals surface area (Å²) in [5, 5.41) is 11.4. The van der Waals surface area contributed by atoms with Crippen molar-refractivity contribution in [3.05, 3.63) is 95.5 Å². The highest BCUT2D eigenvalue weighted by Gasteiger charge is 2.17. The lowest BCUT2D eigenvalue weighted by Crippen LogP contribution is -2.20. The fourth-order valence-electron chi connectivity index (χ4n) is 4.49. The molecule has 0 aliphatic rings. The maximum Gasteiger partial charge on any atom is 0.267 e. The molecule has 6 aromatic rings. The first-order valence-electron chi connectivity index (χ1n) is 12.1. The van der Waals surface area contributed by atoms with Gasteiger partial charge in [0.25, 0.3) is 5.56 Å². The molecule has 0 aliphatic heterocycles. The molecule has 6 rings (SSSR count). The minimum atomic E-state index is -0.231. The van der Waals surface area contributed by atoms with Crippen molar-refractivity contribution in [2.24, 2.45) is 0 Å². The van der Waals surface area contributed by atoms with Crippen LogP contribution in [0.2, 0.25) is 0 Å². The quantitative estimate of drug-likeness (QED) is 0.297. The average Bonchev–Trinajstić information content (AvgIpc) is 3.45. The van der Waals surface area contributed by atoms with E-state index in [-0.39, 0.29) is 5.56 Å². The molecule has 0 bridgehead atoms. The highest BCUT2D eigenvalue weighted by Crippen LogP contribution is 2.32. The molecule has 3 aromatic heterocycles. The number of aromatic nitrogens is 5. The van der Waals surface area contributed by atoms with Gasteiger partial charge in [0, 0.05) is 23.6 Å². The lowest BCUT2D eigenvalue weighted by Gasteiger charge is -2.14. The number of anilines is 2. The Morgan fingerprint density at radius 1 is 1.00 bits per heavy atom. The van der Waals surface area contributed by atoms with E-state index in [1.807, 2.05) is 79.7 Å². The summed E-state index contributed by atoms with van der Waals surface area (Å²) in [5.74, 6) is 1.88. The Bertz CT molecular complexity index is 1830. The zero-order valence-electron chi connectivity index (χ0n) is 20.8. The molecule has 38 heavy (non-hydrogen) atoms. The van der Waals surface area contributed by atoms with Gasteiger partial charge in [0.1, 0.15) is 17.0 Å². The Morgan fingerprint density at radius 2 is 1.84 bits per heavy atom. The summed E-state index contributed by atoms with van der Waals surface area (Å²) < 4.78 is 12.7. The molecule has 9 nitrogen and oxygen atoms in total. The first-order chi connectivity index (χ1) is 18.7. The molecule has 0 unspecified atom stereocenters. The van der Waals surface area contributed by atoms with Gasteiger partial charge in [-0.1, -0.05) is 30.3 Å². The minimum absolute atomic E-state index is 0.231. The van der Waals surface area contributed by atoms with Crippen LogP contribution in [0.1, 0.15) is 6.92 Å². The zero-order valence-corrected chi connectivity index (χ0v) is 20.8. The molecular weight excluding hydrogens is 480 g/mol. The van der Waals surface area contributed by atoms with E-state index < -0.39 is 0 Å². The molecule has 0 saturated heterocycles. The van der Waals surface area contributed by atoms with Crippen molar-refractivity contribution in [2.75, 3.05) is 19.0 Å². The second kappa shape index (κ2) is 9.70. The van der Waals surface area contributed by atoms with Crippen LogP contribution in [-0.2, 0) is 0 Å². The van der Waals surface area contributed by atoms with Crippen LogP contribution in [0, 0.1) is 0 Å². The Morgan fingerprint density at radius 3 is 2.66 bits per heavy atom. The van der Waals surface area contributed by atoms with E-state index in [1.165, 1.54) is 0 Å². The van der Waals surface area contributed by atoms with Crippen molar-refractivity contribution < 1.29 is 9.47 Å². The Kier molecular flexibility index (Phi) is 5.93. The largest absolute Gasteiger partial charge is 0.497 e. The number of nitrogens with zero attached hydrogens (tertiary/aromatic N) is 4. The molecule has 0 saturated carbocycles. The van der Waals surface area contributed by atoms with Crippen molar-refractivity contribution in [2.45, 2.75) is 6.92 Å². The number of para-hydroxylation sites is 1. The normalized spacial score (nSPS) is 11.1. The maximum absolute atomic E-state index is 13.7. The third-order valence-electron chi connectivity index (χ3n) is 6.26. The zero-order chi connectivity index (χ0) is 26.1. The Labute approximate surface area is 217 Å². The van der Waals surface area contributed by atoms with E-state index in [0.717, 1.165) is 28.3 Å². The van der Waals surface area contributed by atoms with E-state index in [0.29, 0.717) is 40.2 Å². The second-order valence-corrected chi connectivity index (χ2v) is 8.55. The van der Waals surface area contributed by atoms with Crippen LogP contribution in [-0.4, -0.2) is 38.4 Å². The number of ether oxygens (including phenoxy) is 2. The van der Waals surface area contributed by atoms with Crippen LogP contribution in [0.25, 0.3) is 38.8 Å². The van der Waals surface area contributed by atoms with E-state index in [1.54, 1.807) is 24.1 Å². The molecule has 3 aromatic carbocycles. The third kappa shape index (κ3) is 4.09. The third-order valence-corrected chi connectivity index (χ3v) is 6.26. The monoisotopic (exact) mass is 504 g/mol. The maximum atomic E-state index is 13.7. The van der Waals surface area contributed by atoms with Crippen LogP contribution >= 0.6 is 0 Å². The van der Waals surface area contributed by atoms with E-state index >= 15 is 0 Å². The summed E-state index contributed by atoms with van der Waals surface area (Å²) in [6.07, 6.45) is 3.28. The standard InChI is InChI=1S/C29H24N6O3/c1-3-38-25-10-5-4-9-22(25)18-7-6-8-20(15-18)35-27-23(26-24(28(35)36)17-31-34-26)16-30-29(33-27)32-19-11-13-21(37-2)14-12-19/h4-17H,3H2,1-2H3,(H,31,34)(H,30,32,33). The summed E-state index contributed by atoms with van der Waals surface area (Å²) in [7, 11) is 1.62. The first kappa shape index (κ1) is 23.2.